The van der Waals surface area contributed by atoms with Crippen LogP contribution in [0.4, 0.5) is 8.78 Å². The Bertz CT molecular complexity index is 397. The van der Waals surface area contributed by atoms with Gasteiger partial charge in [0.05, 0.1) is 6.61 Å². The molecule has 4 nitrogen and oxygen atoms in total. The molecule has 0 fully saturated rings. The van der Waals surface area contributed by atoms with Gasteiger partial charge in [-0.05, 0) is 25.0 Å². The fourth-order valence-electron chi connectivity index (χ4n) is 1.23. The van der Waals surface area contributed by atoms with Gasteiger partial charge in [0, 0.05) is 12.5 Å². The van der Waals surface area contributed by atoms with Gasteiger partial charge in [-0.2, -0.15) is 0 Å². The summed E-state index contributed by atoms with van der Waals surface area (Å²) >= 11 is 0. The number of benzene rings is 1. The molecule has 1 rings (SSSR count). The summed E-state index contributed by atoms with van der Waals surface area (Å²) in [5.74, 6) is -1.18. The van der Waals surface area contributed by atoms with Gasteiger partial charge in [0.15, 0.2) is 11.6 Å². The van der Waals surface area contributed by atoms with E-state index in [2.05, 4.69) is 5.16 Å². The Morgan fingerprint density at radius 2 is 2.12 bits per heavy atom. The second-order valence-corrected chi connectivity index (χ2v) is 3.47. The van der Waals surface area contributed by atoms with Crippen LogP contribution in [0.25, 0.3) is 0 Å². The average molecular weight is 244 g/mol. The molecule has 1 aromatic rings. The highest BCUT2D eigenvalue weighted by Crippen LogP contribution is 2.17. The summed E-state index contributed by atoms with van der Waals surface area (Å²) in [5, 5.41) is 11.1. The molecule has 0 aliphatic heterocycles. The van der Waals surface area contributed by atoms with E-state index in [0.29, 0.717) is 25.9 Å². The Kier molecular flexibility index (Phi) is 5.19. The number of hydrogen-bond donors (Lipinski definition) is 2. The minimum absolute atomic E-state index is 0.0233. The molecule has 6 heteroatoms. The van der Waals surface area contributed by atoms with Crippen LogP contribution in [0.1, 0.15) is 19.3 Å². The van der Waals surface area contributed by atoms with Gasteiger partial charge in [0.2, 0.25) is 0 Å². The van der Waals surface area contributed by atoms with Gasteiger partial charge in [-0.1, -0.05) is 5.16 Å². The van der Waals surface area contributed by atoms with Crippen LogP contribution in [-0.2, 0) is 0 Å². The van der Waals surface area contributed by atoms with E-state index in [1.165, 1.54) is 6.07 Å². The third-order valence-electron chi connectivity index (χ3n) is 2.11. The summed E-state index contributed by atoms with van der Waals surface area (Å²) in [6.07, 6.45) is 1.75. The average Bonchev–Trinajstić information content (AvgIpc) is 2.30. The van der Waals surface area contributed by atoms with Crippen LogP contribution in [-0.4, -0.2) is 17.6 Å². The van der Waals surface area contributed by atoms with Crippen LogP contribution in [0.3, 0.4) is 0 Å². The molecular weight excluding hydrogens is 230 g/mol. The van der Waals surface area contributed by atoms with Crippen molar-refractivity contribution < 1.29 is 18.7 Å². The summed E-state index contributed by atoms with van der Waals surface area (Å²) in [6, 6.07) is 3.15. The van der Waals surface area contributed by atoms with Crippen LogP contribution >= 0.6 is 0 Å². The number of unbranched alkanes of at least 4 members (excludes halogenated alkanes) is 1. The molecule has 1 aromatic carbocycles. The first-order chi connectivity index (χ1) is 8.13. The Hall–Kier alpha value is -1.85. The number of nitrogens with zero attached hydrogens (tertiary/aromatic N) is 1. The van der Waals surface area contributed by atoms with Crippen molar-refractivity contribution >= 4 is 5.84 Å². The maximum Gasteiger partial charge on any atom is 0.167 e. The molecule has 0 radical (unpaired) electrons. The topological polar surface area (TPSA) is 67.8 Å². The lowest BCUT2D eigenvalue weighted by molar-refractivity contribution is 0.291. The lowest BCUT2D eigenvalue weighted by Gasteiger charge is -2.06. The molecule has 0 heterocycles. The fourth-order valence-corrected chi connectivity index (χ4v) is 1.23. The third kappa shape index (κ3) is 4.67. The van der Waals surface area contributed by atoms with Crippen LogP contribution in [0.15, 0.2) is 23.4 Å². The van der Waals surface area contributed by atoms with Crippen molar-refractivity contribution in [2.45, 2.75) is 19.3 Å². The Labute approximate surface area is 97.7 Å². The summed E-state index contributed by atoms with van der Waals surface area (Å²) in [7, 11) is 0. The second kappa shape index (κ2) is 6.67. The van der Waals surface area contributed by atoms with Gasteiger partial charge in [0.1, 0.15) is 11.7 Å². The van der Waals surface area contributed by atoms with Crippen molar-refractivity contribution in [2.24, 2.45) is 10.9 Å². The lowest BCUT2D eigenvalue weighted by atomic mass is 10.2. The zero-order valence-electron chi connectivity index (χ0n) is 9.20. The molecule has 0 bridgehead atoms. The maximum absolute atomic E-state index is 13.1. The summed E-state index contributed by atoms with van der Waals surface area (Å²) in [5.41, 5.74) is 5.26. The van der Waals surface area contributed by atoms with E-state index in [-0.39, 0.29) is 11.6 Å². The lowest BCUT2D eigenvalue weighted by Crippen LogP contribution is -2.11. The molecule has 17 heavy (non-hydrogen) atoms. The van der Waals surface area contributed by atoms with Gasteiger partial charge in [-0.15, -0.1) is 0 Å². The molecule has 94 valence electrons. The zero-order valence-corrected chi connectivity index (χ0v) is 9.20. The smallest absolute Gasteiger partial charge is 0.167 e. The van der Waals surface area contributed by atoms with Gasteiger partial charge in [0.25, 0.3) is 0 Å². The number of oxime groups is 1. The van der Waals surface area contributed by atoms with Gasteiger partial charge >= 0.3 is 0 Å². The van der Waals surface area contributed by atoms with Crippen LogP contribution in [0.5, 0.6) is 5.75 Å². The van der Waals surface area contributed by atoms with E-state index >= 15 is 0 Å². The number of ether oxygens (including phenoxy) is 1. The fraction of sp³-hybridized carbons (Fsp3) is 0.364. The molecule has 0 saturated carbocycles. The molecule has 0 aliphatic rings. The Balaban J connectivity index is 2.27. The highest BCUT2D eigenvalue weighted by atomic mass is 19.1. The van der Waals surface area contributed by atoms with E-state index in [4.69, 9.17) is 15.7 Å². The standard InChI is InChI=1S/C11H14F2N2O2/c12-8-4-5-10(9(13)7-8)17-6-2-1-3-11(14)15-16/h4-5,7,16H,1-3,6H2,(H2,14,15). The van der Waals surface area contributed by atoms with Crippen molar-refractivity contribution in [3.8, 4) is 5.75 Å². The van der Waals surface area contributed by atoms with E-state index in [1.54, 1.807) is 0 Å². The number of amidine groups is 1. The van der Waals surface area contributed by atoms with Gasteiger partial charge in [-0.25, -0.2) is 8.78 Å². The molecule has 0 spiro atoms. The summed E-state index contributed by atoms with van der Waals surface area (Å²) in [4.78, 5) is 0. The van der Waals surface area contributed by atoms with E-state index < -0.39 is 11.6 Å². The first-order valence-corrected chi connectivity index (χ1v) is 5.17. The number of rotatable bonds is 6. The molecule has 0 atom stereocenters. The second-order valence-electron chi connectivity index (χ2n) is 3.47. The van der Waals surface area contributed by atoms with Crippen LogP contribution < -0.4 is 10.5 Å². The first kappa shape index (κ1) is 13.2. The molecule has 0 aromatic heterocycles. The van der Waals surface area contributed by atoms with Crippen LogP contribution in [0, 0.1) is 11.6 Å². The predicted octanol–water partition coefficient (Wildman–Crippen LogP) is 2.26. The SMILES string of the molecule is NC(CCCCOc1ccc(F)cc1F)=NO. The van der Waals surface area contributed by atoms with E-state index in [1.807, 2.05) is 0 Å². The summed E-state index contributed by atoms with van der Waals surface area (Å²) < 4.78 is 30.8. The Morgan fingerprint density at radius 1 is 1.35 bits per heavy atom. The monoisotopic (exact) mass is 244 g/mol. The minimum Gasteiger partial charge on any atom is -0.491 e. The van der Waals surface area contributed by atoms with Gasteiger partial charge in [-0.3, -0.25) is 0 Å². The molecular formula is C11H14F2N2O2. The van der Waals surface area contributed by atoms with E-state index in [0.717, 1.165) is 12.1 Å². The first-order valence-electron chi connectivity index (χ1n) is 5.17. The predicted molar refractivity (Wildman–Crippen MR) is 59.1 cm³/mol. The number of halogens is 2. The quantitative estimate of drug-likeness (QED) is 0.265. The molecule has 0 unspecified atom stereocenters. The highest BCUT2D eigenvalue weighted by molar-refractivity contribution is 5.79. The van der Waals surface area contributed by atoms with Crippen molar-refractivity contribution in [1.82, 2.24) is 0 Å². The highest BCUT2D eigenvalue weighted by Gasteiger charge is 2.04. The normalized spacial score (nSPS) is 11.5. The third-order valence-corrected chi connectivity index (χ3v) is 2.11. The molecule has 0 aliphatic carbocycles. The van der Waals surface area contributed by atoms with Crippen molar-refractivity contribution in [3.05, 3.63) is 29.8 Å². The van der Waals surface area contributed by atoms with Gasteiger partial charge < -0.3 is 15.7 Å². The molecule has 3 N–H and O–H groups in total. The molecule has 0 saturated heterocycles. The zero-order chi connectivity index (χ0) is 12.7. The largest absolute Gasteiger partial charge is 0.491 e. The molecule has 0 amide bonds. The number of hydrogen-bond acceptors (Lipinski definition) is 3. The van der Waals surface area contributed by atoms with Crippen molar-refractivity contribution in [3.63, 3.8) is 0 Å². The van der Waals surface area contributed by atoms with Crippen LogP contribution in [0.2, 0.25) is 0 Å². The van der Waals surface area contributed by atoms with Crippen molar-refractivity contribution in [1.29, 1.82) is 0 Å². The minimum atomic E-state index is -0.721. The maximum atomic E-state index is 13.1. The Morgan fingerprint density at radius 3 is 2.76 bits per heavy atom. The number of nitrogens with two attached hydrogens (primary N) is 1. The van der Waals surface area contributed by atoms with Crippen molar-refractivity contribution in [2.75, 3.05) is 6.61 Å². The summed E-state index contributed by atoms with van der Waals surface area (Å²) in [6.45, 7) is 0.293. The van der Waals surface area contributed by atoms with E-state index in [9.17, 15) is 8.78 Å².